The average molecular weight is 361 g/mol. The Morgan fingerprint density at radius 2 is 2.00 bits per heavy atom. The van der Waals surface area contributed by atoms with Crippen LogP contribution in [-0.4, -0.2) is 34.3 Å². The number of aliphatic hydroxyl groups excluding tert-OH is 1. The fraction of sp³-hybridized carbons (Fsp3) is 0.600. The number of unbranched alkanes of at least 4 members (excludes halogenated alkanes) is 1. The minimum absolute atomic E-state index is 0.00881. The number of carbonyl (C=O) groups excluding carboxylic acids is 2. The molecule has 3 unspecified atom stereocenters. The Kier molecular flexibility index (Phi) is 6.14. The molecule has 4 atom stereocenters. The van der Waals surface area contributed by atoms with Crippen molar-refractivity contribution in [2.75, 3.05) is 0 Å². The molecule has 1 aliphatic carbocycles. The Bertz CT molecular complexity index is 630. The van der Waals surface area contributed by atoms with Gasteiger partial charge in [0.1, 0.15) is 11.9 Å². The number of phenols is 1. The van der Waals surface area contributed by atoms with Crippen molar-refractivity contribution in [2.45, 2.75) is 63.7 Å². The molecular formula is C20H27NO5. The zero-order chi connectivity index (χ0) is 18.5. The lowest BCUT2D eigenvalue weighted by atomic mass is 9.84. The number of phenolic OH excluding ortho intramolecular Hbond substituents is 1. The van der Waals surface area contributed by atoms with Crippen LogP contribution in [0.2, 0.25) is 0 Å². The molecule has 3 N–H and O–H groups in total. The predicted octanol–water partition coefficient (Wildman–Crippen LogP) is 2.27. The number of hydrogen-bond donors (Lipinski definition) is 3. The third-order valence-electron chi connectivity index (χ3n) is 5.58. The van der Waals surface area contributed by atoms with Crippen LogP contribution in [0.5, 0.6) is 5.75 Å². The number of esters is 1. The van der Waals surface area contributed by atoms with Crippen LogP contribution in [0.15, 0.2) is 24.3 Å². The van der Waals surface area contributed by atoms with Crippen LogP contribution in [0.4, 0.5) is 0 Å². The number of fused-ring (bicyclic) bond motifs is 1. The number of benzene rings is 1. The number of rotatable bonds is 7. The van der Waals surface area contributed by atoms with Crippen LogP contribution < -0.4 is 5.32 Å². The molecule has 0 aromatic heterocycles. The third kappa shape index (κ3) is 4.75. The highest BCUT2D eigenvalue weighted by Gasteiger charge is 2.46. The Hall–Kier alpha value is -2.08. The molecule has 1 aliphatic heterocycles. The quantitative estimate of drug-likeness (QED) is 0.511. The molecule has 0 spiro atoms. The molecule has 1 amide bonds. The number of nitrogens with one attached hydrogen (secondary N) is 1. The van der Waals surface area contributed by atoms with E-state index in [-0.39, 0.29) is 35.6 Å². The van der Waals surface area contributed by atoms with Gasteiger partial charge in [0, 0.05) is 31.7 Å². The number of aromatic hydroxyl groups is 1. The van der Waals surface area contributed by atoms with Crippen molar-refractivity contribution >= 4 is 11.9 Å². The van der Waals surface area contributed by atoms with E-state index < -0.39 is 6.10 Å². The molecular weight excluding hydrogens is 334 g/mol. The lowest BCUT2D eigenvalue weighted by molar-refractivity contribution is -0.157. The number of amides is 1. The van der Waals surface area contributed by atoms with Gasteiger partial charge in [-0.25, -0.2) is 0 Å². The molecule has 6 nitrogen and oxygen atoms in total. The average Bonchev–Trinajstić information content (AvgIpc) is 2.92. The van der Waals surface area contributed by atoms with Crippen LogP contribution in [0.25, 0.3) is 0 Å². The Morgan fingerprint density at radius 1 is 1.23 bits per heavy atom. The number of aliphatic hydroxyl groups is 1. The lowest BCUT2D eigenvalue weighted by Gasteiger charge is -2.29. The standard InChI is InChI=1S/C20H27NO5/c22-14-7-5-13(6-8-14)12-21-19(24)4-2-1-3-15-16-9-10-20(25)26-18(16)11-17(15)23/h5-8,15-18,22-23H,1-4,9-12H2,(H,21,24)/t15?,16?,17-,18?/m1/s1. The lowest BCUT2D eigenvalue weighted by Crippen LogP contribution is -2.31. The second-order valence-corrected chi connectivity index (χ2v) is 7.39. The van der Waals surface area contributed by atoms with Crippen LogP contribution >= 0.6 is 0 Å². The van der Waals surface area contributed by atoms with Gasteiger partial charge >= 0.3 is 5.97 Å². The molecule has 1 heterocycles. The van der Waals surface area contributed by atoms with E-state index in [4.69, 9.17) is 4.74 Å². The van der Waals surface area contributed by atoms with Gasteiger partial charge in [-0.1, -0.05) is 18.6 Å². The summed E-state index contributed by atoms with van der Waals surface area (Å²) < 4.78 is 5.36. The van der Waals surface area contributed by atoms with Gasteiger partial charge in [-0.15, -0.1) is 0 Å². The zero-order valence-corrected chi connectivity index (χ0v) is 14.9. The van der Waals surface area contributed by atoms with Gasteiger partial charge in [-0.05, 0) is 42.9 Å². The van der Waals surface area contributed by atoms with Crippen molar-refractivity contribution in [1.82, 2.24) is 5.32 Å². The van der Waals surface area contributed by atoms with E-state index in [0.29, 0.717) is 25.8 Å². The summed E-state index contributed by atoms with van der Waals surface area (Å²) in [4.78, 5) is 23.3. The van der Waals surface area contributed by atoms with Gasteiger partial charge in [-0.3, -0.25) is 9.59 Å². The van der Waals surface area contributed by atoms with E-state index in [1.165, 1.54) is 0 Å². The largest absolute Gasteiger partial charge is 0.508 e. The predicted molar refractivity (Wildman–Crippen MR) is 95.1 cm³/mol. The maximum Gasteiger partial charge on any atom is 0.306 e. The van der Waals surface area contributed by atoms with Crippen molar-refractivity contribution in [3.05, 3.63) is 29.8 Å². The minimum atomic E-state index is -0.403. The SMILES string of the molecule is O=C(CCCCC1C2CCC(=O)OC2C[C@H]1O)NCc1ccc(O)cc1. The first-order valence-electron chi connectivity index (χ1n) is 9.45. The molecule has 1 saturated carbocycles. The fourth-order valence-corrected chi connectivity index (χ4v) is 4.17. The molecule has 6 heteroatoms. The topological polar surface area (TPSA) is 95.9 Å². The molecule has 1 aromatic carbocycles. The molecule has 1 aromatic rings. The fourth-order valence-electron chi connectivity index (χ4n) is 4.17. The second kappa shape index (κ2) is 8.54. The molecule has 0 radical (unpaired) electrons. The molecule has 142 valence electrons. The van der Waals surface area contributed by atoms with E-state index in [0.717, 1.165) is 31.2 Å². The van der Waals surface area contributed by atoms with Gasteiger partial charge in [0.25, 0.3) is 0 Å². The van der Waals surface area contributed by atoms with Gasteiger partial charge < -0.3 is 20.3 Å². The highest BCUT2D eigenvalue weighted by Crippen LogP contribution is 2.42. The summed E-state index contributed by atoms with van der Waals surface area (Å²) in [6.45, 7) is 0.454. The van der Waals surface area contributed by atoms with E-state index >= 15 is 0 Å². The van der Waals surface area contributed by atoms with Gasteiger partial charge in [0.15, 0.2) is 0 Å². The maximum absolute atomic E-state index is 11.9. The van der Waals surface area contributed by atoms with Gasteiger partial charge in [-0.2, -0.15) is 0 Å². The van der Waals surface area contributed by atoms with Crippen LogP contribution in [0, 0.1) is 11.8 Å². The Labute approximate surface area is 153 Å². The summed E-state index contributed by atoms with van der Waals surface area (Å²) in [5.41, 5.74) is 0.947. The molecule has 26 heavy (non-hydrogen) atoms. The third-order valence-corrected chi connectivity index (χ3v) is 5.58. The summed E-state index contributed by atoms with van der Waals surface area (Å²) in [5, 5.41) is 22.4. The summed E-state index contributed by atoms with van der Waals surface area (Å²) in [5.74, 6) is 0.516. The first-order valence-corrected chi connectivity index (χ1v) is 9.45. The normalized spacial score (nSPS) is 27.7. The monoisotopic (exact) mass is 361 g/mol. The Balaban J connectivity index is 1.34. The summed E-state index contributed by atoms with van der Waals surface area (Å²) >= 11 is 0. The van der Waals surface area contributed by atoms with Crippen molar-refractivity contribution in [3.8, 4) is 5.75 Å². The first kappa shape index (κ1) is 18.7. The summed E-state index contributed by atoms with van der Waals surface area (Å²) in [6, 6.07) is 6.77. The molecule has 1 saturated heterocycles. The Morgan fingerprint density at radius 3 is 2.77 bits per heavy atom. The molecule has 2 fully saturated rings. The van der Waals surface area contributed by atoms with Gasteiger partial charge in [0.2, 0.25) is 5.91 Å². The summed E-state index contributed by atoms with van der Waals surface area (Å²) in [6.07, 6.45) is 4.27. The zero-order valence-electron chi connectivity index (χ0n) is 14.9. The smallest absolute Gasteiger partial charge is 0.306 e. The van der Waals surface area contributed by atoms with E-state index in [2.05, 4.69) is 5.32 Å². The van der Waals surface area contributed by atoms with Crippen molar-refractivity contribution in [2.24, 2.45) is 11.8 Å². The van der Waals surface area contributed by atoms with Crippen LogP contribution in [0.3, 0.4) is 0 Å². The van der Waals surface area contributed by atoms with Crippen molar-refractivity contribution in [3.63, 3.8) is 0 Å². The van der Waals surface area contributed by atoms with Crippen LogP contribution in [0.1, 0.15) is 50.5 Å². The van der Waals surface area contributed by atoms with Crippen molar-refractivity contribution < 1.29 is 24.5 Å². The van der Waals surface area contributed by atoms with Crippen molar-refractivity contribution in [1.29, 1.82) is 0 Å². The second-order valence-electron chi connectivity index (χ2n) is 7.39. The summed E-state index contributed by atoms with van der Waals surface area (Å²) in [7, 11) is 0. The molecule has 2 aliphatic rings. The molecule has 3 rings (SSSR count). The van der Waals surface area contributed by atoms with Gasteiger partial charge in [0.05, 0.1) is 6.10 Å². The maximum atomic E-state index is 11.9. The van der Waals surface area contributed by atoms with E-state index in [9.17, 15) is 19.8 Å². The first-order chi connectivity index (χ1) is 12.5. The minimum Gasteiger partial charge on any atom is -0.508 e. The van der Waals surface area contributed by atoms with E-state index in [1.54, 1.807) is 24.3 Å². The number of carbonyl (C=O) groups is 2. The van der Waals surface area contributed by atoms with Crippen LogP contribution in [-0.2, 0) is 20.9 Å². The van der Waals surface area contributed by atoms with E-state index in [1.807, 2.05) is 0 Å². The highest BCUT2D eigenvalue weighted by atomic mass is 16.5. The number of hydrogen-bond acceptors (Lipinski definition) is 5. The molecule has 0 bridgehead atoms. The highest BCUT2D eigenvalue weighted by molar-refractivity contribution is 5.75. The number of ether oxygens (including phenoxy) is 1.